The first kappa shape index (κ1) is 12.9. The van der Waals surface area contributed by atoms with Gasteiger partial charge in [-0.05, 0) is 43.0 Å². The molecule has 2 N–H and O–H groups in total. The van der Waals surface area contributed by atoms with Crippen molar-refractivity contribution in [1.82, 2.24) is 14.8 Å². The Morgan fingerprint density at radius 2 is 2.10 bits per heavy atom. The molecule has 4 nitrogen and oxygen atoms in total. The molecule has 0 aliphatic heterocycles. The molecule has 20 heavy (non-hydrogen) atoms. The Morgan fingerprint density at radius 3 is 2.90 bits per heavy atom. The number of H-pyrrole nitrogens is 1. The molecule has 0 atom stereocenters. The summed E-state index contributed by atoms with van der Waals surface area (Å²) in [6.07, 6.45) is 2.84. The summed E-state index contributed by atoms with van der Waals surface area (Å²) in [4.78, 5) is 3.21. The van der Waals surface area contributed by atoms with Gasteiger partial charge >= 0.3 is 0 Å². The van der Waals surface area contributed by atoms with E-state index in [-0.39, 0.29) is 6.61 Å². The van der Waals surface area contributed by atoms with Crippen molar-refractivity contribution in [3.63, 3.8) is 0 Å². The third kappa shape index (κ3) is 2.23. The molecule has 0 fully saturated rings. The van der Waals surface area contributed by atoms with Crippen LogP contribution in [-0.4, -0.2) is 26.5 Å². The number of aromatic nitrogens is 3. The summed E-state index contributed by atoms with van der Waals surface area (Å²) < 4.78 is 1.89. The van der Waals surface area contributed by atoms with Gasteiger partial charge in [-0.1, -0.05) is 6.07 Å². The molecule has 0 saturated carbocycles. The Bertz CT molecular complexity index is 739. The molecule has 4 heteroatoms. The normalized spacial score (nSPS) is 11.3. The molecule has 0 amide bonds. The van der Waals surface area contributed by atoms with E-state index < -0.39 is 0 Å². The average Bonchev–Trinajstić information content (AvgIpc) is 2.99. The van der Waals surface area contributed by atoms with Gasteiger partial charge in [0.25, 0.3) is 0 Å². The summed E-state index contributed by atoms with van der Waals surface area (Å²) in [5.74, 6) is 0. The van der Waals surface area contributed by atoms with E-state index in [2.05, 4.69) is 41.3 Å². The predicted molar refractivity (Wildman–Crippen MR) is 79.9 cm³/mol. The number of nitrogens with one attached hydrogen (secondary N) is 1. The van der Waals surface area contributed by atoms with E-state index >= 15 is 0 Å². The highest BCUT2D eigenvalue weighted by atomic mass is 16.3. The van der Waals surface area contributed by atoms with Gasteiger partial charge in [-0.3, -0.25) is 4.68 Å². The monoisotopic (exact) mass is 269 g/mol. The molecule has 3 rings (SSSR count). The Labute approximate surface area is 118 Å². The molecule has 104 valence electrons. The molecule has 0 saturated heterocycles. The maximum absolute atomic E-state index is 9.06. The molecule has 2 aromatic heterocycles. The molecule has 0 bridgehead atoms. The summed E-state index contributed by atoms with van der Waals surface area (Å²) in [5.41, 5.74) is 5.90. The topological polar surface area (TPSA) is 53.8 Å². The van der Waals surface area contributed by atoms with E-state index in [1.54, 1.807) is 0 Å². The van der Waals surface area contributed by atoms with Gasteiger partial charge in [0.15, 0.2) is 0 Å². The SMILES string of the molecule is Cc1nn(CCO)c(C)c1Cc1ccc2[nH]ccc2c1. The van der Waals surface area contributed by atoms with Crippen LogP contribution in [0.5, 0.6) is 0 Å². The number of aryl methyl sites for hydroxylation is 1. The molecule has 0 aliphatic rings. The van der Waals surface area contributed by atoms with Crippen LogP contribution in [0.4, 0.5) is 0 Å². The van der Waals surface area contributed by atoms with E-state index in [1.807, 2.05) is 17.8 Å². The van der Waals surface area contributed by atoms with Crippen LogP contribution in [-0.2, 0) is 13.0 Å². The van der Waals surface area contributed by atoms with Crippen molar-refractivity contribution >= 4 is 10.9 Å². The number of nitrogens with zero attached hydrogens (tertiary/aromatic N) is 2. The first-order valence-electron chi connectivity index (χ1n) is 6.89. The van der Waals surface area contributed by atoms with Crippen LogP contribution in [0.3, 0.4) is 0 Å². The van der Waals surface area contributed by atoms with Crippen LogP contribution in [0, 0.1) is 13.8 Å². The van der Waals surface area contributed by atoms with Crippen LogP contribution in [0.15, 0.2) is 30.5 Å². The second-order valence-corrected chi connectivity index (χ2v) is 5.17. The lowest BCUT2D eigenvalue weighted by molar-refractivity contribution is 0.268. The highest BCUT2D eigenvalue weighted by Crippen LogP contribution is 2.21. The standard InChI is InChI=1S/C16H19N3O/c1-11-15(12(2)19(18-11)7-8-20)10-13-3-4-16-14(9-13)5-6-17-16/h3-6,9,17,20H,7-8,10H2,1-2H3. The average molecular weight is 269 g/mol. The van der Waals surface area contributed by atoms with Crippen LogP contribution >= 0.6 is 0 Å². The van der Waals surface area contributed by atoms with Crippen LogP contribution in [0.1, 0.15) is 22.5 Å². The summed E-state index contributed by atoms with van der Waals surface area (Å²) >= 11 is 0. The molecule has 0 unspecified atom stereocenters. The van der Waals surface area contributed by atoms with Crippen LogP contribution in [0.25, 0.3) is 10.9 Å². The lowest BCUT2D eigenvalue weighted by Gasteiger charge is -2.05. The quantitative estimate of drug-likeness (QED) is 0.765. The van der Waals surface area contributed by atoms with Crippen LogP contribution in [0.2, 0.25) is 0 Å². The van der Waals surface area contributed by atoms with E-state index in [4.69, 9.17) is 5.11 Å². The molecule has 0 spiro atoms. The highest BCUT2D eigenvalue weighted by Gasteiger charge is 2.12. The van der Waals surface area contributed by atoms with Gasteiger partial charge in [0.1, 0.15) is 0 Å². The minimum atomic E-state index is 0.122. The van der Waals surface area contributed by atoms with Gasteiger partial charge in [0, 0.05) is 29.4 Å². The van der Waals surface area contributed by atoms with Crippen molar-refractivity contribution in [2.75, 3.05) is 6.61 Å². The molecule has 2 heterocycles. The van der Waals surface area contributed by atoms with Crippen molar-refractivity contribution in [2.45, 2.75) is 26.8 Å². The molecule has 0 aliphatic carbocycles. The van der Waals surface area contributed by atoms with Crippen molar-refractivity contribution in [3.05, 3.63) is 53.0 Å². The van der Waals surface area contributed by atoms with Crippen molar-refractivity contribution in [1.29, 1.82) is 0 Å². The fourth-order valence-corrected chi connectivity index (χ4v) is 2.72. The van der Waals surface area contributed by atoms with Gasteiger partial charge in [-0.25, -0.2) is 0 Å². The van der Waals surface area contributed by atoms with Gasteiger partial charge in [-0.2, -0.15) is 5.10 Å². The van der Waals surface area contributed by atoms with Crippen molar-refractivity contribution in [2.24, 2.45) is 0 Å². The van der Waals surface area contributed by atoms with E-state index in [0.717, 1.165) is 23.3 Å². The molecule has 0 radical (unpaired) electrons. The second kappa shape index (κ2) is 5.13. The first-order chi connectivity index (χ1) is 9.69. The van der Waals surface area contributed by atoms with Gasteiger partial charge in [-0.15, -0.1) is 0 Å². The zero-order valence-electron chi connectivity index (χ0n) is 11.8. The summed E-state index contributed by atoms with van der Waals surface area (Å²) in [6, 6.07) is 8.58. The number of aliphatic hydroxyl groups is 1. The summed E-state index contributed by atoms with van der Waals surface area (Å²) in [5, 5.41) is 14.8. The number of hydrogen-bond donors (Lipinski definition) is 2. The maximum Gasteiger partial charge on any atom is 0.0644 e. The van der Waals surface area contributed by atoms with Crippen molar-refractivity contribution < 1.29 is 5.11 Å². The molecule has 3 aromatic rings. The number of rotatable bonds is 4. The van der Waals surface area contributed by atoms with E-state index in [0.29, 0.717) is 6.54 Å². The molecule has 1 aromatic carbocycles. The lowest BCUT2D eigenvalue weighted by atomic mass is 10.0. The molecular weight excluding hydrogens is 250 g/mol. The lowest BCUT2D eigenvalue weighted by Crippen LogP contribution is -2.06. The number of hydrogen-bond acceptors (Lipinski definition) is 2. The fraction of sp³-hybridized carbons (Fsp3) is 0.312. The summed E-state index contributed by atoms with van der Waals surface area (Å²) in [6.45, 7) is 4.78. The Morgan fingerprint density at radius 1 is 1.25 bits per heavy atom. The molecular formula is C16H19N3O. The Kier molecular flexibility index (Phi) is 3.32. The number of benzene rings is 1. The zero-order chi connectivity index (χ0) is 14.1. The third-order valence-corrected chi connectivity index (χ3v) is 3.84. The Balaban J connectivity index is 1.93. The first-order valence-corrected chi connectivity index (χ1v) is 6.89. The van der Waals surface area contributed by atoms with E-state index in [9.17, 15) is 0 Å². The number of fused-ring (bicyclic) bond motifs is 1. The minimum absolute atomic E-state index is 0.122. The predicted octanol–water partition coefficient (Wildman–Crippen LogP) is 2.56. The second-order valence-electron chi connectivity index (χ2n) is 5.17. The minimum Gasteiger partial charge on any atom is -0.394 e. The van der Waals surface area contributed by atoms with Gasteiger partial charge in [0.2, 0.25) is 0 Å². The highest BCUT2D eigenvalue weighted by molar-refractivity contribution is 5.80. The fourth-order valence-electron chi connectivity index (χ4n) is 2.72. The zero-order valence-corrected chi connectivity index (χ0v) is 11.8. The maximum atomic E-state index is 9.06. The number of aliphatic hydroxyl groups excluding tert-OH is 1. The largest absolute Gasteiger partial charge is 0.394 e. The Hall–Kier alpha value is -2.07. The van der Waals surface area contributed by atoms with Crippen LogP contribution < -0.4 is 0 Å². The smallest absolute Gasteiger partial charge is 0.0644 e. The number of aromatic amines is 1. The van der Waals surface area contributed by atoms with Crippen molar-refractivity contribution in [3.8, 4) is 0 Å². The third-order valence-electron chi connectivity index (χ3n) is 3.84. The van der Waals surface area contributed by atoms with Gasteiger partial charge in [0.05, 0.1) is 18.8 Å². The van der Waals surface area contributed by atoms with Gasteiger partial charge < -0.3 is 10.1 Å². The van der Waals surface area contributed by atoms with E-state index in [1.165, 1.54) is 16.5 Å². The summed E-state index contributed by atoms with van der Waals surface area (Å²) in [7, 11) is 0.